The molecule has 0 unspecified atom stereocenters. The first-order chi connectivity index (χ1) is 19.1. The molecule has 2 aliphatic rings. The Morgan fingerprint density at radius 1 is 0.975 bits per heavy atom. The van der Waals surface area contributed by atoms with E-state index >= 15 is 0 Å². The standard InChI is InChI=1S/C26H24F4N6O4/c27-19-13-17(3-4-20(19)40-18-5-6-31-21(14-18)34-24(37)15-1-2-15)32-25(38)35-22-11-16(26(28,29)30)12-23(33-22)36-7-9-39-10-8-36/h3-6,11-15H,1-2,7-10H2,(H,31,34,37)(H2,32,33,35,38). The van der Waals surface area contributed by atoms with Gasteiger partial charge in [0.1, 0.15) is 23.2 Å². The SMILES string of the molecule is O=C(Nc1ccc(Oc2ccnc(NC(=O)C3CC3)c2)c(F)c1)Nc1cc(C(F)(F)F)cc(N2CCOCC2)n1. The van der Waals surface area contributed by atoms with Crippen molar-refractivity contribution < 1.29 is 36.6 Å². The highest BCUT2D eigenvalue weighted by Crippen LogP contribution is 2.34. The number of pyridine rings is 2. The second kappa shape index (κ2) is 11.3. The Balaban J connectivity index is 1.24. The number of nitrogens with zero attached hydrogens (tertiary/aromatic N) is 3. The van der Waals surface area contributed by atoms with Gasteiger partial charge in [-0.3, -0.25) is 10.1 Å². The van der Waals surface area contributed by atoms with Crippen molar-refractivity contribution in [1.29, 1.82) is 0 Å². The van der Waals surface area contributed by atoms with Gasteiger partial charge in [0, 0.05) is 43.0 Å². The highest BCUT2D eigenvalue weighted by atomic mass is 19.4. The van der Waals surface area contributed by atoms with Crippen LogP contribution in [0.1, 0.15) is 18.4 Å². The van der Waals surface area contributed by atoms with Gasteiger partial charge in [-0.05, 0) is 43.2 Å². The van der Waals surface area contributed by atoms with Crippen molar-refractivity contribution in [2.45, 2.75) is 19.0 Å². The minimum absolute atomic E-state index is 0.0164. The maximum Gasteiger partial charge on any atom is 0.416 e. The van der Waals surface area contributed by atoms with Crippen LogP contribution >= 0.6 is 0 Å². The van der Waals surface area contributed by atoms with Gasteiger partial charge in [0.25, 0.3) is 0 Å². The molecule has 1 aliphatic carbocycles. The normalized spacial score (nSPS) is 15.3. The van der Waals surface area contributed by atoms with E-state index in [1.54, 1.807) is 4.90 Å². The number of urea groups is 1. The van der Waals surface area contributed by atoms with Crippen molar-refractivity contribution in [2.24, 2.45) is 5.92 Å². The third-order valence-electron chi connectivity index (χ3n) is 6.06. The van der Waals surface area contributed by atoms with E-state index in [9.17, 15) is 27.2 Å². The fraction of sp³-hybridized carbons (Fsp3) is 0.308. The third-order valence-corrected chi connectivity index (χ3v) is 6.06. The fourth-order valence-corrected chi connectivity index (χ4v) is 3.88. The lowest BCUT2D eigenvalue weighted by Gasteiger charge is -2.28. The van der Waals surface area contributed by atoms with Crippen molar-refractivity contribution in [3.63, 3.8) is 0 Å². The molecule has 0 bridgehead atoms. The Labute approximate surface area is 225 Å². The van der Waals surface area contributed by atoms with Crippen LogP contribution in [0.3, 0.4) is 0 Å². The molecule has 10 nitrogen and oxygen atoms in total. The number of nitrogens with one attached hydrogen (secondary N) is 3. The summed E-state index contributed by atoms with van der Waals surface area (Å²) in [5.74, 6) is -0.908. The molecule has 40 heavy (non-hydrogen) atoms. The number of ether oxygens (including phenoxy) is 2. The number of halogens is 4. The Morgan fingerprint density at radius 3 is 2.45 bits per heavy atom. The number of hydrogen-bond acceptors (Lipinski definition) is 7. The molecule has 1 saturated heterocycles. The van der Waals surface area contributed by atoms with Gasteiger partial charge in [0.15, 0.2) is 11.6 Å². The average Bonchev–Trinajstić information content (AvgIpc) is 3.76. The summed E-state index contributed by atoms with van der Waals surface area (Å²) in [4.78, 5) is 34.3. The molecule has 3 aromatic rings. The van der Waals surface area contributed by atoms with Crippen LogP contribution in [0.4, 0.5) is 45.5 Å². The Hall–Kier alpha value is -4.46. The lowest BCUT2D eigenvalue weighted by molar-refractivity contribution is -0.137. The van der Waals surface area contributed by atoms with E-state index in [1.807, 2.05) is 0 Å². The number of benzene rings is 1. The van der Waals surface area contributed by atoms with Crippen molar-refractivity contribution in [3.05, 3.63) is 60.0 Å². The number of carbonyl (C=O) groups excluding carboxylic acids is 2. The number of anilines is 4. The molecule has 2 aromatic heterocycles. The fourth-order valence-electron chi connectivity index (χ4n) is 3.88. The van der Waals surface area contributed by atoms with Crippen LogP contribution in [-0.2, 0) is 15.7 Å². The van der Waals surface area contributed by atoms with E-state index in [2.05, 4.69) is 25.9 Å². The molecule has 0 spiro atoms. The van der Waals surface area contributed by atoms with Crippen molar-refractivity contribution >= 4 is 35.1 Å². The monoisotopic (exact) mass is 560 g/mol. The number of morpholine rings is 1. The average molecular weight is 561 g/mol. The molecule has 3 amide bonds. The summed E-state index contributed by atoms with van der Waals surface area (Å²) in [6, 6.07) is 7.27. The van der Waals surface area contributed by atoms with E-state index in [-0.39, 0.29) is 46.5 Å². The summed E-state index contributed by atoms with van der Waals surface area (Å²) < 4.78 is 66.0. The van der Waals surface area contributed by atoms with Crippen LogP contribution in [0, 0.1) is 11.7 Å². The summed E-state index contributed by atoms with van der Waals surface area (Å²) in [6.45, 7) is 1.38. The van der Waals surface area contributed by atoms with Crippen molar-refractivity contribution in [2.75, 3.05) is 47.2 Å². The highest BCUT2D eigenvalue weighted by molar-refractivity contribution is 5.99. The van der Waals surface area contributed by atoms with Gasteiger partial charge in [0.05, 0.1) is 18.8 Å². The second-order valence-corrected chi connectivity index (χ2v) is 9.16. The van der Waals surface area contributed by atoms with Crippen molar-refractivity contribution in [3.8, 4) is 11.5 Å². The molecule has 1 saturated carbocycles. The molecule has 210 valence electrons. The maximum absolute atomic E-state index is 14.7. The first kappa shape index (κ1) is 27.1. The van der Waals surface area contributed by atoms with Gasteiger partial charge < -0.3 is 25.0 Å². The van der Waals surface area contributed by atoms with Crippen LogP contribution in [0.5, 0.6) is 11.5 Å². The first-order valence-corrected chi connectivity index (χ1v) is 12.4. The van der Waals surface area contributed by atoms with Gasteiger partial charge in [-0.25, -0.2) is 19.2 Å². The molecule has 0 atom stereocenters. The Kier molecular flexibility index (Phi) is 7.69. The van der Waals surface area contributed by atoms with Crippen LogP contribution < -0.4 is 25.6 Å². The lowest BCUT2D eigenvalue weighted by atomic mass is 10.2. The van der Waals surface area contributed by atoms with Crippen LogP contribution in [-0.4, -0.2) is 48.2 Å². The van der Waals surface area contributed by atoms with Gasteiger partial charge in [-0.2, -0.15) is 13.2 Å². The molecule has 1 aliphatic heterocycles. The molecular weight excluding hydrogens is 536 g/mol. The van der Waals surface area contributed by atoms with Gasteiger partial charge in [-0.15, -0.1) is 0 Å². The van der Waals surface area contributed by atoms with E-state index in [0.29, 0.717) is 26.3 Å². The number of rotatable bonds is 7. The van der Waals surface area contributed by atoms with Gasteiger partial charge >= 0.3 is 12.2 Å². The number of hydrogen-bond donors (Lipinski definition) is 3. The smallest absolute Gasteiger partial charge is 0.416 e. The minimum Gasteiger partial charge on any atom is -0.454 e. The quantitative estimate of drug-likeness (QED) is 0.338. The maximum atomic E-state index is 14.7. The number of aromatic nitrogens is 2. The summed E-state index contributed by atoms with van der Waals surface area (Å²) in [5, 5.41) is 7.32. The number of carbonyl (C=O) groups is 2. The summed E-state index contributed by atoms with van der Waals surface area (Å²) in [5.41, 5.74) is -0.951. The van der Waals surface area contributed by atoms with Gasteiger partial charge in [-0.1, -0.05) is 0 Å². The van der Waals surface area contributed by atoms with E-state index in [0.717, 1.165) is 31.0 Å². The Morgan fingerprint density at radius 2 is 1.75 bits per heavy atom. The van der Waals surface area contributed by atoms with Crippen LogP contribution in [0.2, 0.25) is 0 Å². The van der Waals surface area contributed by atoms with Crippen LogP contribution in [0.25, 0.3) is 0 Å². The lowest BCUT2D eigenvalue weighted by Crippen LogP contribution is -2.37. The van der Waals surface area contributed by atoms with Gasteiger partial charge in [0.2, 0.25) is 5.91 Å². The zero-order valence-corrected chi connectivity index (χ0v) is 20.9. The molecule has 3 N–H and O–H groups in total. The molecule has 2 fully saturated rings. The van der Waals surface area contributed by atoms with E-state index in [1.165, 1.54) is 30.5 Å². The molecule has 1 aromatic carbocycles. The second-order valence-electron chi connectivity index (χ2n) is 9.16. The predicted octanol–water partition coefficient (Wildman–Crippen LogP) is 5.26. The van der Waals surface area contributed by atoms with E-state index in [4.69, 9.17) is 9.47 Å². The first-order valence-electron chi connectivity index (χ1n) is 12.4. The largest absolute Gasteiger partial charge is 0.454 e. The summed E-state index contributed by atoms with van der Waals surface area (Å²) in [7, 11) is 0. The van der Waals surface area contributed by atoms with Crippen molar-refractivity contribution in [1.82, 2.24) is 9.97 Å². The predicted molar refractivity (Wildman–Crippen MR) is 137 cm³/mol. The molecule has 0 radical (unpaired) electrons. The zero-order chi connectivity index (χ0) is 28.3. The van der Waals surface area contributed by atoms with Crippen LogP contribution in [0.15, 0.2) is 48.7 Å². The summed E-state index contributed by atoms with van der Waals surface area (Å²) in [6.07, 6.45) is -1.59. The highest BCUT2D eigenvalue weighted by Gasteiger charge is 2.33. The zero-order valence-electron chi connectivity index (χ0n) is 20.9. The summed E-state index contributed by atoms with van der Waals surface area (Å²) >= 11 is 0. The third kappa shape index (κ3) is 6.94. The molecule has 14 heteroatoms. The minimum atomic E-state index is -4.66. The topological polar surface area (TPSA) is 118 Å². The van der Waals surface area contributed by atoms with E-state index < -0.39 is 23.6 Å². The number of amides is 3. The molecule has 3 heterocycles. The molecular formula is C26H24F4N6O4. The number of alkyl halides is 3. The Bertz CT molecular complexity index is 1410. The molecule has 5 rings (SSSR count).